The van der Waals surface area contributed by atoms with Crippen molar-refractivity contribution < 1.29 is 14.6 Å². The summed E-state index contributed by atoms with van der Waals surface area (Å²) in [6.07, 6.45) is 1.47. The van der Waals surface area contributed by atoms with Crippen LogP contribution in [0.5, 0.6) is 0 Å². The van der Waals surface area contributed by atoms with Gasteiger partial charge < -0.3 is 9.84 Å². The van der Waals surface area contributed by atoms with Crippen LogP contribution in [-0.2, 0) is 11.2 Å². The Morgan fingerprint density at radius 2 is 2.37 bits per heavy atom. The van der Waals surface area contributed by atoms with Crippen molar-refractivity contribution in [3.63, 3.8) is 0 Å². The van der Waals surface area contributed by atoms with E-state index in [-0.39, 0.29) is 12.6 Å². The molecule has 0 radical (unpaired) electrons. The van der Waals surface area contributed by atoms with Gasteiger partial charge in [-0.3, -0.25) is 5.10 Å². The fraction of sp³-hybridized carbons (Fsp3) is 0.385. The molecule has 0 spiro atoms. The zero-order chi connectivity index (χ0) is 13.7. The first kappa shape index (κ1) is 13.8. The van der Waals surface area contributed by atoms with Crippen LogP contribution in [0.3, 0.4) is 0 Å². The smallest absolute Gasteiger partial charge is 0.348 e. The van der Waals surface area contributed by atoms with E-state index in [0.29, 0.717) is 17.9 Å². The van der Waals surface area contributed by atoms with Crippen molar-refractivity contribution in [2.24, 2.45) is 0 Å². The number of ether oxygens (including phenoxy) is 1. The number of hydrogen-bond acceptors (Lipinski definition) is 5. The highest BCUT2D eigenvalue weighted by Gasteiger charge is 2.12. The molecule has 0 aliphatic rings. The number of H-pyrrole nitrogens is 1. The number of thiophene rings is 1. The highest BCUT2D eigenvalue weighted by Crippen LogP contribution is 2.25. The van der Waals surface area contributed by atoms with Gasteiger partial charge in [0, 0.05) is 23.2 Å². The molecule has 2 aromatic rings. The summed E-state index contributed by atoms with van der Waals surface area (Å²) in [6, 6.07) is 3.72. The summed E-state index contributed by atoms with van der Waals surface area (Å²) >= 11 is 1.35. The van der Waals surface area contributed by atoms with Gasteiger partial charge in [0.1, 0.15) is 4.88 Å². The molecule has 2 rings (SSSR count). The average molecular weight is 280 g/mol. The maximum absolute atomic E-state index is 11.6. The number of carbonyl (C=O) groups excluding carboxylic acids is 1. The molecule has 0 saturated heterocycles. The fourth-order valence-corrected chi connectivity index (χ4v) is 2.48. The number of aliphatic hydroxyl groups excluding tert-OH is 1. The van der Waals surface area contributed by atoms with Crippen molar-refractivity contribution in [1.82, 2.24) is 10.2 Å². The minimum absolute atomic E-state index is 0.166. The summed E-state index contributed by atoms with van der Waals surface area (Å²) in [7, 11) is 0. The van der Waals surface area contributed by atoms with Crippen LogP contribution in [0.2, 0.25) is 0 Å². The Balaban J connectivity index is 2.09. The second-order valence-corrected chi connectivity index (χ2v) is 4.94. The lowest BCUT2D eigenvalue weighted by atomic mass is 10.2. The zero-order valence-electron chi connectivity index (χ0n) is 10.7. The van der Waals surface area contributed by atoms with E-state index < -0.39 is 0 Å². The molecule has 0 bridgehead atoms. The van der Waals surface area contributed by atoms with Gasteiger partial charge in [-0.2, -0.15) is 5.10 Å². The Kier molecular flexibility index (Phi) is 4.70. The summed E-state index contributed by atoms with van der Waals surface area (Å²) in [5.41, 5.74) is 2.69. The van der Waals surface area contributed by atoms with Crippen molar-refractivity contribution in [3.05, 3.63) is 28.1 Å². The number of aliphatic hydroxyl groups is 1. The first-order valence-corrected chi connectivity index (χ1v) is 7.03. The monoisotopic (exact) mass is 280 g/mol. The average Bonchev–Trinajstić information content (AvgIpc) is 3.05. The van der Waals surface area contributed by atoms with Gasteiger partial charge in [-0.25, -0.2) is 4.79 Å². The molecule has 2 heterocycles. The lowest BCUT2D eigenvalue weighted by Gasteiger charge is -1.96. The van der Waals surface area contributed by atoms with Crippen LogP contribution >= 0.6 is 11.3 Å². The number of carbonyl (C=O) groups is 1. The quantitative estimate of drug-likeness (QED) is 0.796. The number of aromatic nitrogens is 2. The number of nitrogens with one attached hydrogen (secondary N) is 1. The molecule has 6 heteroatoms. The Morgan fingerprint density at radius 3 is 3.11 bits per heavy atom. The molecule has 0 aromatic carbocycles. The molecule has 0 amide bonds. The molecule has 102 valence electrons. The first-order valence-electron chi connectivity index (χ1n) is 6.15. The van der Waals surface area contributed by atoms with Crippen LogP contribution in [0.15, 0.2) is 17.5 Å². The molecular formula is C13H16N2O3S. The zero-order valence-corrected chi connectivity index (χ0v) is 11.5. The number of esters is 1. The maximum Gasteiger partial charge on any atom is 0.348 e. The van der Waals surface area contributed by atoms with Gasteiger partial charge in [0.05, 0.1) is 12.3 Å². The van der Waals surface area contributed by atoms with Gasteiger partial charge in [0.15, 0.2) is 0 Å². The molecule has 2 aromatic heterocycles. The van der Waals surface area contributed by atoms with Gasteiger partial charge in [-0.05, 0) is 31.9 Å². The van der Waals surface area contributed by atoms with Crippen molar-refractivity contribution in [1.29, 1.82) is 0 Å². The minimum Gasteiger partial charge on any atom is -0.462 e. The summed E-state index contributed by atoms with van der Waals surface area (Å²) < 4.78 is 4.95. The molecule has 19 heavy (non-hydrogen) atoms. The third-order valence-corrected chi connectivity index (χ3v) is 3.52. The molecule has 0 unspecified atom stereocenters. The number of aromatic amines is 1. The van der Waals surface area contributed by atoms with Crippen molar-refractivity contribution >= 4 is 17.3 Å². The summed E-state index contributed by atoms with van der Waals surface area (Å²) in [5.74, 6) is -0.296. The Morgan fingerprint density at radius 1 is 1.53 bits per heavy atom. The Bertz CT molecular complexity index is 548. The Hall–Kier alpha value is -1.66. The van der Waals surface area contributed by atoms with Crippen LogP contribution in [-0.4, -0.2) is 34.5 Å². The van der Waals surface area contributed by atoms with E-state index in [1.54, 1.807) is 13.0 Å². The molecule has 0 atom stereocenters. The molecule has 0 aliphatic heterocycles. The lowest BCUT2D eigenvalue weighted by molar-refractivity contribution is 0.0532. The largest absolute Gasteiger partial charge is 0.462 e. The van der Waals surface area contributed by atoms with E-state index in [0.717, 1.165) is 23.4 Å². The first-order chi connectivity index (χ1) is 9.24. The fourth-order valence-electron chi connectivity index (χ4n) is 1.69. The number of nitrogens with zero attached hydrogens (tertiary/aromatic N) is 1. The van der Waals surface area contributed by atoms with Crippen LogP contribution < -0.4 is 0 Å². The number of aryl methyl sites for hydroxylation is 1. The van der Waals surface area contributed by atoms with E-state index >= 15 is 0 Å². The summed E-state index contributed by atoms with van der Waals surface area (Å²) in [6.45, 7) is 2.33. The van der Waals surface area contributed by atoms with Crippen LogP contribution in [0.1, 0.15) is 28.7 Å². The van der Waals surface area contributed by atoms with Crippen molar-refractivity contribution in [2.45, 2.75) is 19.8 Å². The van der Waals surface area contributed by atoms with Crippen LogP contribution in [0, 0.1) is 0 Å². The molecule has 0 aliphatic carbocycles. The van der Waals surface area contributed by atoms with Gasteiger partial charge in [0.25, 0.3) is 0 Å². The second kappa shape index (κ2) is 6.49. The SMILES string of the molecule is CCOC(=O)c1cc(-c2cc(CCCO)[nH]n2)cs1. The summed E-state index contributed by atoms with van der Waals surface area (Å²) in [5, 5.41) is 17.8. The summed E-state index contributed by atoms with van der Waals surface area (Å²) in [4.78, 5) is 12.1. The second-order valence-electron chi connectivity index (χ2n) is 4.03. The van der Waals surface area contributed by atoms with E-state index in [9.17, 15) is 4.79 Å². The van der Waals surface area contributed by atoms with Crippen LogP contribution in [0.4, 0.5) is 0 Å². The molecule has 0 fully saturated rings. The van der Waals surface area contributed by atoms with Gasteiger partial charge in [-0.15, -0.1) is 11.3 Å². The van der Waals surface area contributed by atoms with Crippen molar-refractivity contribution in [3.8, 4) is 11.3 Å². The lowest BCUT2D eigenvalue weighted by Crippen LogP contribution is -2.01. The standard InChI is InChI=1S/C13H16N2O3S/c1-2-18-13(17)12-6-9(8-19-12)11-7-10(14-15-11)4-3-5-16/h6-8,16H,2-5H2,1H3,(H,14,15). The normalized spacial score (nSPS) is 10.6. The van der Waals surface area contributed by atoms with E-state index in [4.69, 9.17) is 9.84 Å². The van der Waals surface area contributed by atoms with Crippen LogP contribution in [0.25, 0.3) is 11.3 Å². The molecule has 5 nitrogen and oxygen atoms in total. The van der Waals surface area contributed by atoms with Crippen molar-refractivity contribution in [2.75, 3.05) is 13.2 Å². The predicted molar refractivity (Wildman–Crippen MR) is 73.3 cm³/mol. The third kappa shape index (κ3) is 3.42. The van der Waals surface area contributed by atoms with Gasteiger partial charge in [-0.1, -0.05) is 0 Å². The molecule has 0 saturated carbocycles. The predicted octanol–water partition coefficient (Wildman–Crippen LogP) is 2.24. The Labute approximate surface area is 115 Å². The third-order valence-electron chi connectivity index (χ3n) is 2.61. The number of hydrogen-bond donors (Lipinski definition) is 2. The molecule has 2 N–H and O–H groups in total. The topological polar surface area (TPSA) is 75.2 Å². The van der Waals surface area contributed by atoms with E-state index in [2.05, 4.69) is 10.2 Å². The van der Waals surface area contributed by atoms with E-state index in [1.807, 2.05) is 11.4 Å². The maximum atomic E-state index is 11.6. The van der Waals surface area contributed by atoms with E-state index in [1.165, 1.54) is 11.3 Å². The number of rotatable bonds is 6. The minimum atomic E-state index is -0.296. The highest BCUT2D eigenvalue weighted by atomic mass is 32.1. The van der Waals surface area contributed by atoms with Gasteiger partial charge in [0.2, 0.25) is 0 Å². The highest BCUT2D eigenvalue weighted by molar-refractivity contribution is 7.12. The van der Waals surface area contributed by atoms with Gasteiger partial charge >= 0.3 is 5.97 Å². The molecular weight excluding hydrogens is 264 g/mol.